The van der Waals surface area contributed by atoms with Gasteiger partial charge < -0.3 is 14.5 Å². The van der Waals surface area contributed by atoms with E-state index in [0.717, 1.165) is 29.5 Å². The summed E-state index contributed by atoms with van der Waals surface area (Å²) in [5.74, 6) is 0.123. The molecule has 0 atom stereocenters. The molecule has 2 rings (SSSR count). The summed E-state index contributed by atoms with van der Waals surface area (Å²) in [7, 11) is -0.930. The van der Waals surface area contributed by atoms with E-state index < -0.39 is 10.0 Å². The van der Waals surface area contributed by atoms with Gasteiger partial charge in [0.15, 0.2) is 0 Å². The molecule has 0 aliphatic carbocycles. The van der Waals surface area contributed by atoms with Crippen molar-refractivity contribution >= 4 is 15.9 Å². The Morgan fingerprint density at radius 2 is 1.96 bits per heavy atom. The van der Waals surface area contributed by atoms with Gasteiger partial charge in [0.25, 0.3) is 0 Å². The van der Waals surface area contributed by atoms with E-state index in [1.54, 1.807) is 23.1 Å². The number of carbonyl (C=O) groups is 1. The number of methoxy groups -OCH3 is 1. The maximum atomic E-state index is 12.9. The fraction of sp³-hybridized carbons (Fsp3) is 0.588. The largest absolute Gasteiger partial charge is 0.495 e. The predicted octanol–water partition coefficient (Wildman–Crippen LogP) is -0.629. The minimum Gasteiger partial charge on any atom is -0.495 e. The summed E-state index contributed by atoms with van der Waals surface area (Å²) in [6, 6.07) is 4.99. The van der Waals surface area contributed by atoms with Crippen molar-refractivity contribution in [2.24, 2.45) is 0 Å². The van der Waals surface area contributed by atoms with Gasteiger partial charge in [-0.15, -0.1) is 0 Å². The van der Waals surface area contributed by atoms with E-state index in [4.69, 9.17) is 4.74 Å². The summed E-state index contributed by atoms with van der Waals surface area (Å²) in [4.78, 5) is 15.8. The first-order chi connectivity index (χ1) is 11.8. The normalized spacial score (nSPS) is 16.3. The third-order valence-electron chi connectivity index (χ3n) is 4.69. The van der Waals surface area contributed by atoms with E-state index in [-0.39, 0.29) is 23.1 Å². The SMILES string of the molecule is CC[NH+]1CCN(C(=O)CN(C)S(=O)(=O)c2cc(C)ccc2OC)CC1. The van der Waals surface area contributed by atoms with Gasteiger partial charge in [0, 0.05) is 7.05 Å². The number of nitrogens with zero attached hydrogens (tertiary/aromatic N) is 2. The van der Waals surface area contributed by atoms with E-state index >= 15 is 0 Å². The number of benzene rings is 1. The first-order valence-corrected chi connectivity index (χ1v) is 9.96. The first-order valence-electron chi connectivity index (χ1n) is 8.52. The van der Waals surface area contributed by atoms with Crippen LogP contribution in [0.3, 0.4) is 0 Å². The number of amides is 1. The molecule has 1 aliphatic heterocycles. The van der Waals surface area contributed by atoms with Crippen molar-refractivity contribution in [1.82, 2.24) is 9.21 Å². The molecule has 1 N–H and O–H groups in total. The molecule has 0 spiro atoms. The number of sulfonamides is 1. The van der Waals surface area contributed by atoms with Gasteiger partial charge in [-0.2, -0.15) is 4.31 Å². The van der Waals surface area contributed by atoms with E-state index in [0.29, 0.717) is 13.1 Å². The van der Waals surface area contributed by atoms with Crippen molar-refractivity contribution in [2.75, 3.05) is 53.4 Å². The molecule has 7 nitrogen and oxygen atoms in total. The average molecular weight is 370 g/mol. The summed E-state index contributed by atoms with van der Waals surface area (Å²) >= 11 is 0. The second kappa shape index (κ2) is 8.16. The molecular weight excluding hydrogens is 342 g/mol. The van der Waals surface area contributed by atoms with Crippen LogP contribution in [0, 0.1) is 6.92 Å². The van der Waals surface area contributed by atoms with Gasteiger partial charge in [-0.3, -0.25) is 4.79 Å². The first kappa shape index (κ1) is 19.7. The Kier molecular flexibility index (Phi) is 6.42. The molecule has 1 aromatic carbocycles. The Balaban J connectivity index is 2.10. The van der Waals surface area contributed by atoms with Crippen molar-refractivity contribution in [1.29, 1.82) is 0 Å². The third kappa shape index (κ3) is 4.50. The third-order valence-corrected chi connectivity index (χ3v) is 6.51. The monoisotopic (exact) mass is 370 g/mol. The van der Waals surface area contributed by atoms with Gasteiger partial charge in [-0.1, -0.05) is 6.07 Å². The summed E-state index contributed by atoms with van der Waals surface area (Å²) in [6.45, 7) is 7.98. The molecule has 1 heterocycles. The number of ether oxygens (including phenoxy) is 1. The minimum atomic E-state index is -3.80. The van der Waals surface area contributed by atoms with E-state index in [9.17, 15) is 13.2 Å². The lowest BCUT2D eigenvalue weighted by Crippen LogP contribution is -3.14. The van der Waals surface area contributed by atoms with Crippen molar-refractivity contribution in [3.8, 4) is 5.75 Å². The second-order valence-corrected chi connectivity index (χ2v) is 8.41. The van der Waals surface area contributed by atoms with Gasteiger partial charge >= 0.3 is 0 Å². The number of nitrogens with one attached hydrogen (secondary N) is 1. The molecule has 0 bridgehead atoms. The Bertz CT molecular complexity index is 713. The van der Waals surface area contributed by atoms with Crippen molar-refractivity contribution < 1.29 is 22.8 Å². The number of carbonyl (C=O) groups excluding carboxylic acids is 1. The fourth-order valence-electron chi connectivity index (χ4n) is 2.95. The maximum Gasteiger partial charge on any atom is 0.246 e. The van der Waals surface area contributed by atoms with Crippen molar-refractivity contribution in [2.45, 2.75) is 18.7 Å². The van der Waals surface area contributed by atoms with Crippen LogP contribution < -0.4 is 9.64 Å². The van der Waals surface area contributed by atoms with Crippen LogP contribution in [-0.4, -0.2) is 77.0 Å². The number of hydrogen-bond acceptors (Lipinski definition) is 4. The topological polar surface area (TPSA) is 71.4 Å². The Labute approximate surface area is 150 Å². The molecule has 0 saturated carbocycles. The summed E-state index contributed by atoms with van der Waals surface area (Å²) < 4.78 is 32.0. The predicted molar refractivity (Wildman–Crippen MR) is 95.4 cm³/mol. The number of aryl methyl sites for hydroxylation is 1. The molecular formula is C17H28N3O4S+. The summed E-state index contributed by atoms with van der Waals surface area (Å²) in [5.41, 5.74) is 0.817. The molecule has 140 valence electrons. The standard InChI is InChI=1S/C17H27N3O4S/c1-5-19-8-10-20(11-9-19)17(21)13-18(3)25(22,23)16-12-14(2)6-7-15(16)24-4/h6-7,12H,5,8-11,13H2,1-4H3/p+1. The number of piperazine rings is 1. The lowest BCUT2D eigenvalue weighted by Gasteiger charge is -2.32. The van der Waals surface area contributed by atoms with Crippen molar-refractivity contribution in [3.63, 3.8) is 0 Å². The molecule has 1 aromatic rings. The van der Waals surface area contributed by atoms with Crippen LogP contribution in [-0.2, 0) is 14.8 Å². The molecule has 1 amide bonds. The highest BCUT2D eigenvalue weighted by molar-refractivity contribution is 7.89. The lowest BCUT2D eigenvalue weighted by molar-refractivity contribution is -0.902. The Hall–Kier alpha value is -1.64. The zero-order valence-electron chi connectivity index (χ0n) is 15.4. The van der Waals surface area contributed by atoms with Gasteiger partial charge in [-0.25, -0.2) is 8.42 Å². The fourth-order valence-corrected chi connectivity index (χ4v) is 4.31. The molecule has 8 heteroatoms. The van der Waals surface area contributed by atoms with Gasteiger partial charge in [0.1, 0.15) is 10.6 Å². The maximum absolute atomic E-state index is 12.9. The average Bonchev–Trinajstić information content (AvgIpc) is 2.61. The molecule has 0 aromatic heterocycles. The van der Waals surface area contributed by atoms with Gasteiger partial charge in [0.2, 0.25) is 15.9 Å². The molecule has 0 radical (unpaired) electrons. The number of rotatable bonds is 6. The van der Waals surface area contributed by atoms with Crippen LogP contribution in [0.5, 0.6) is 5.75 Å². The molecule has 25 heavy (non-hydrogen) atoms. The van der Waals surface area contributed by atoms with E-state index in [1.165, 1.54) is 19.1 Å². The zero-order valence-corrected chi connectivity index (χ0v) is 16.2. The molecule has 1 saturated heterocycles. The van der Waals surface area contributed by atoms with E-state index in [2.05, 4.69) is 6.92 Å². The molecule has 1 aliphatic rings. The van der Waals surface area contributed by atoms with Crippen LogP contribution in [0.25, 0.3) is 0 Å². The summed E-state index contributed by atoms with van der Waals surface area (Å²) in [5, 5.41) is 0. The molecule has 0 unspecified atom stereocenters. The molecule has 1 fully saturated rings. The Morgan fingerprint density at radius 1 is 1.32 bits per heavy atom. The second-order valence-electron chi connectivity index (χ2n) is 6.40. The lowest BCUT2D eigenvalue weighted by atomic mass is 10.2. The number of hydrogen-bond donors (Lipinski definition) is 1. The highest BCUT2D eigenvalue weighted by Gasteiger charge is 2.29. The number of likely N-dealkylation sites (N-methyl/N-ethyl adjacent to an activating group) is 2. The van der Waals surface area contributed by atoms with Gasteiger partial charge in [-0.05, 0) is 31.5 Å². The summed E-state index contributed by atoms with van der Waals surface area (Å²) in [6.07, 6.45) is 0. The van der Waals surface area contributed by atoms with E-state index in [1.807, 2.05) is 6.92 Å². The van der Waals surface area contributed by atoms with Crippen LogP contribution in [0.1, 0.15) is 12.5 Å². The van der Waals surface area contributed by atoms with Crippen LogP contribution in [0.2, 0.25) is 0 Å². The zero-order chi connectivity index (χ0) is 18.6. The minimum absolute atomic E-state index is 0.0885. The number of quaternary nitrogens is 1. The van der Waals surface area contributed by atoms with Gasteiger partial charge in [0.05, 0.1) is 46.4 Å². The van der Waals surface area contributed by atoms with Crippen LogP contribution >= 0.6 is 0 Å². The smallest absolute Gasteiger partial charge is 0.246 e. The van der Waals surface area contributed by atoms with Crippen molar-refractivity contribution in [3.05, 3.63) is 23.8 Å². The van der Waals surface area contributed by atoms with Crippen LogP contribution in [0.4, 0.5) is 0 Å². The highest BCUT2D eigenvalue weighted by Crippen LogP contribution is 2.27. The van der Waals surface area contributed by atoms with Crippen LogP contribution in [0.15, 0.2) is 23.1 Å². The Morgan fingerprint density at radius 3 is 2.52 bits per heavy atom. The quantitative estimate of drug-likeness (QED) is 0.724. The highest BCUT2D eigenvalue weighted by atomic mass is 32.2.